The maximum Gasteiger partial charge on any atom is 0.161 e. The summed E-state index contributed by atoms with van der Waals surface area (Å²) in [6, 6.07) is 12.2. The highest BCUT2D eigenvalue weighted by atomic mass is 19.1. The number of halogens is 1. The lowest BCUT2D eigenvalue weighted by atomic mass is 10.1. The Kier molecular flexibility index (Phi) is 4.36. The van der Waals surface area contributed by atoms with Crippen molar-refractivity contribution in [2.24, 2.45) is 5.73 Å². The van der Waals surface area contributed by atoms with Gasteiger partial charge in [0.2, 0.25) is 0 Å². The molecule has 19 heavy (non-hydrogen) atoms. The van der Waals surface area contributed by atoms with E-state index in [1.807, 2.05) is 24.3 Å². The molecule has 2 aromatic rings. The van der Waals surface area contributed by atoms with Gasteiger partial charge in [0.05, 0.1) is 7.11 Å². The van der Waals surface area contributed by atoms with E-state index in [1.54, 1.807) is 19.2 Å². The maximum atomic E-state index is 13.3. The molecule has 0 amide bonds. The summed E-state index contributed by atoms with van der Waals surface area (Å²) in [5, 5.41) is 0. The Labute approximate surface area is 111 Å². The van der Waals surface area contributed by atoms with E-state index >= 15 is 0 Å². The number of methoxy groups -OCH3 is 1. The molecule has 0 radical (unpaired) electrons. The van der Waals surface area contributed by atoms with Gasteiger partial charge in [0.15, 0.2) is 11.5 Å². The molecule has 0 aliphatic rings. The highest BCUT2D eigenvalue weighted by Crippen LogP contribution is 2.26. The first kappa shape index (κ1) is 13.4. The van der Waals surface area contributed by atoms with Crippen molar-refractivity contribution in [1.82, 2.24) is 0 Å². The third-order valence-electron chi connectivity index (χ3n) is 2.79. The summed E-state index contributed by atoms with van der Waals surface area (Å²) in [5.74, 6) is 1.04. The van der Waals surface area contributed by atoms with Crippen LogP contribution in [0.15, 0.2) is 42.5 Å². The standard InChI is InChI=1S/C15H16FNO2/c1-18-14-4-2-3-5-15(14)19-10-11-6-7-13(16)12(8-11)9-17/h2-8H,9-10,17H2,1H3. The first-order chi connectivity index (χ1) is 9.24. The minimum Gasteiger partial charge on any atom is -0.493 e. The van der Waals surface area contributed by atoms with Gasteiger partial charge in [-0.05, 0) is 29.8 Å². The zero-order chi connectivity index (χ0) is 13.7. The number of hydrogen-bond donors (Lipinski definition) is 1. The largest absolute Gasteiger partial charge is 0.493 e. The molecule has 0 atom stereocenters. The Bertz CT molecular complexity index is 558. The van der Waals surface area contributed by atoms with E-state index in [0.29, 0.717) is 23.7 Å². The van der Waals surface area contributed by atoms with E-state index < -0.39 is 0 Å². The molecule has 100 valence electrons. The van der Waals surface area contributed by atoms with Crippen LogP contribution < -0.4 is 15.2 Å². The molecule has 0 fully saturated rings. The quantitative estimate of drug-likeness (QED) is 0.900. The number of benzene rings is 2. The number of hydrogen-bond acceptors (Lipinski definition) is 3. The van der Waals surface area contributed by atoms with Gasteiger partial charge in [0.1, 0.15) is 12.4 Å². The fourth-order valence-corrected chi connectivity index (χ4v) is 1.77. The molecule has 2 aromatic carbocycles. The van der Waals surface area contributed by atoms with Crippen molar-refractivity contribution in [3.63, 3.8) is 0 Å². The molecular weight excluding hydrogens is 245 g/mol. The molecule has 2 N–H and O–H groups in total. The van der Waals surface area contributed by atoms with Gasteiger partial charge in [-0.3, -0.25) is 0 Å². The van der Waals surface area contributed by atoms with Gasteiger partial charge < -0.3 is 15.2 Å². The van der Waals surface area contributed by atoms with Crippen LogP contribution in [-0.4, -0.2) is 7.11 Å². The van der Waals surface area contributed by atoms with Crippen molar-refractivity contribution in [3.05, 3.63) is 59.4 Å². The van der Waals surface area contributed by atoms with Crippen LogP contribution in [0.1, 0.15) is 11.1 Å². The van der Waals surface area contributed by atoms with Crippen molar-refractivity contribution < 1.29 is 13.9 Å². The van der Waals surface area contributed by atoms with Gasteiger partial charge in [-0.25, -0.2) is 4.39 Å². The van der Waals surface area contributed by atoms with Gasteiger partial charge in [0, 0.05) is 12.1 Å². The number of para-hydroxylation sites is 2. The van der Waals surface area contributed by atoms with E-state index in [0.717, 1.165) is 5.56 Å². The summed E-state index contributed by atoms with van der Waals surface area (Å²) in [7, 11) is 1.59. The third kappa shape index (κ3) is 3.23. The van der Waals surface area contributed by atoms with Crippen LogP contribution in [0, 0.1) is 5.82 Å². The molecule has 0 bridgehead atoms. The Hall–Kier alpha value is -2.07. The van der Waals surface area contributed by atoms with Crippen LogP contribution in [0.2, 0.25) is 0 Å². The van der Waals surface area contributed by atoms with Crippen molar-refractivity contribution >= 4 is 0 Å². The lowest BCUT2D eigenvalue weighted by Crippen LogP contribution is -2.03. The van der Waals surface area contributed by atoms with E-state index in [9.17, 15) is 4.39 Å². The van der Waals surface area contributed by atoms with E-state index in [4.69, 9.17) is 15.2 Å². The molecule has 3 nitrogen and oxygen atoms in total. The second-order valence-electron chi connectivity index (χ2n) is 4.07. The molecular formula is C15H16FNO2. The molecule has 0 aromatic heterocycles. The number of rotatable bonds is 5. The molecule has 0 saturated carbocycles. The molecule has 4 heteroatoms. The van der Waals surface area contributed by atoms with Gasteiger partial charge >= 0.3 is 0 Å². The van der Waals surface area contributed by atoms with Crippen molar-refractivity contribution in [2.75, 3.05) is 7.11 Å². The van der Waals surface area contributed by atoms with Crippen LogP contribution in [0.3, 0.4) is 0 Å². The fourth-order valence-electron chi connectivity index (χ4n) is 1.77. The van der Waals surface area contributed by atoms with Crippen LogP contribution >= 0.6 is 0 Å². The summed E-state index contributed by atoms with van der Waals surface area (Å²) < 4.78 is 24.2. The molecule has 0 saturated heterocycles. The molecule has 2 rings (SSSR count). The lowest BCUT2D eigenvalue weighted by Gasteiger charge is -2.11. The van der Waals surface area contributed by atoms with Gasteiger partial charge in [-0.2, -0.15) is 0 Å². The van der Waals surface area contributed by atoms with Crippen molar-refractivity contribution in [1.29, 1.82) is 0 Å². The number of ether oxygens (including phenoxy) is 2. The van der Waals surface area contributed by atoms with E-state index in [2.05, 4.69) is 0 Å². The zero-order valence-electron chi connectivity index (χ0n) is 10.7. The topological polar surface area (TPSA) is 44.5 Å². The molecule has 0 unspecified atom stereocenters. The molecule has 0 aliphatic carbocycles. The summed E-state index contributed by atoms with van der Waals surface area (Å²) in [6.45, 7) is 0.516. The average Bonchev–Trinajstić information content (AvgIpc) is 2.46. The first-order valence-corrected chi connectivity index (χ1v) is 5.97. The lowest BCUT2D eigenvalue weighted by molar-refractivity contribution is 0.284. The van der Waals surface area contributed by atoms with Crippen molar-refractivity contribution in [3.8, 4) is 11.5 Å². The Morgan fingerprint density at radius 1 is 1.11 bits per heavy atom. The Balaban J connectivity index is 2.10. The van der Waals surface area contributed by atoms with Crippen molar-refractivity contribution in [2.45, 2.75) is 13.2 Å². The Morgan fingerprint density at radius 3 is 2.53 bits per heavy atom. The molecule has 0 spiro atoms. The minimum absolute atomic E-state index is 0.175. The molecule has 0 aliphatic heterocycles. The Morgan fingerprint density at radius 2 is 1.84 bits per heavy atom. The third-order valence-corrected chi connectivity index (χ3v) is 2.79. The predicted molar refractivity (Wildman–Crippen MR) is 71.6 cm³/mol. The zero-order valence-corrected chi connectivity index (χ0v) is 10.7. The fraction of sp³-hybridized carbons (Fsp3) is 0.200. The minimum atomic E-state index is -0.288. The summed E-state index contributed by atoms with van der Waals surface area (Å²) in [5.41, 5.74) is 6.83. The number of nitrogens with two attached hydrogens (primary N) is 1. The van der Waals surface area contributed by atoms with E-state index in [-0.39, 0.29) is 12.4 Å². The van der Waals surface area contributed by atoms with Crippen LogP contribution in [0.4, 0.5) is 4.39 Å². The summed E-state index contributed by atoms with van der Waals surface area (Å²) >= 11 is 0. The van der Waals surface area contributed by atoms with Gasteiger partial charge in [0.25, 0.3) is 0 Å². The van der Waals surface area contributed by atoms with Crippen LogP contribution in [0.25, 0.3) is 0 Å². The highest BCUT2D eigenvalue weighted by Gasteiger charge is 2.05. The first-order valence-electron chi connectivity index (χ1n) is 5.97. The van der Waals surface area contributed by atoms with E-state index in [1.165, 1.54) is 6.07 Å². The maximum absolute atomic E-state index is 13.3. The highest BCUT2D eigenvalue weighted by molar-refractivity contribution is 5.39. The van der Waals surface area contributed by atoms with Crippen LogP contribution in [0.5, 0.6) is 11.5 Å². The smallest absolute Gasteiger partial charge is 0.161 e. The second-order valence-corrected chi connectivity index (χ2v) is 4.07. The van der Waals surface area contributed by atoms with Gasteiger partial charge in [-0.15, -0.1) is 0 Å². The normalized spacial score (nSPS) is 10.3. The van der Waals surface area contributed by atoms with Gasteiger partial charge in [-0.1, -0.05) is 18.2 Å². The molecule has 0 heterocycles. The average molecular weight is 261 g/mol. The summed E-state index contributed by atoms with van der Waals surface area (Å²) in [4.78, 5) is 0. The SMILES string of the molecule is COc1ccccc1OCc1ccc(F)c(CN)c1. The monoisotopic (exact) mass is 261 g/mol. The van der Waals surface area contributed by atoms with Crippen LogP contribution in [-0.2, 0) is 13.2 Å². The predicted octanol–water partition coefficient (Wildman–Crippen LogP) is 2.87. The second kappa shape index (κ2) is 6.20. The summed E-state index contributed by atoms with van der Waals surface area (Å²) in [6.07, 6.45) is 0.